The zero-order valence-electron chi connectivity index (χ0n) is 14.3. The number of rotatable bonds is 8. The minimum Gasteiger partial charge on any atom is -0.494 e. The van der Waals surface area contributed by atoms with Gasteiger partial charge in [0.05, 0.1) is 6.61 Å². The number of hydrogen-bond acceptors (Lipinski definition) is 4. The number of nitrogens with one attached hydrogen (secondary N) is 1. The number of aromatic nitrogens is 1. The van der Waals surface area contributed by atoms with Gasteiger partial charge in [-0.05, 0) is 62.2 Å². The quantitative estimate of drug-likeness (QED) is 0.746. The lowest BCUT2D eigenvalue weighted by molar-refractivity contribution is 0.205. The van der Waals surface area contributed by atoms with Crippen molar-refractivity contribution in [1.29, 1.82) is 0 Å². The molecule has 1 aliphatic heterocycles. The Morgan fingerprint density at radius 1 is 1.00 bits per heavy atom. The molecule has 3 rings (SSSR count). The maximum Gasteiger partial charge on any atom is 0.126 e. The van der Waals surface area contributed by atoms with Gasteiger partial charge in [0.1, 0.15) is 11.6 Å². The standard InChI is InChI=1S/C20H27N3O/c1-4-13-23(14-5-1)15-6-16-24-19-10-8-18(9-11-19)17-22-20-7-2-3-12-21-20/h2-3,7-12H,1,4-6,13-17H2,(H,21,22). The van der Waals surface area contributed by atoms with E-state index in [-0.39, 0.29) is 0 Å². The lowest BCUT2D eigenvalue weighted by atomic mass is 10.1. The number of piperidine rings is 1. The molecule has 0 bridgehead atoms. The first kappa shape index (κ1) is 16.8. The highest BCUT2D eigenvalue weighted by atomic mass is 16.5. The molecular formula is C20H27N3O. The van der Waals surface area contributed by atoms with Crippen LogP contribution in [0.25, 0.3) is 0 Å². The number of anilines is 1. The molecule has 0 spiro atoms. The predicted molar refractivity (Wildman–Crippen MR) is 98.4 cm³/mol. The number of likely N-dealkylation sites (tertiary alicyclic amines) is 1. The summed E-state index contributed by atoms with van der Waals surface area (Å²) in [5.74, 6) is 1.85. The molecule has 1 N–H and O–H groups in total. The lowest BCUT2D eigenvalue weighted by Gasteiger charge is -2.26. The van der Waals surface area contributed by atoms with E-state index in [0.29, 0.717) is 0 Å². The Kier molecular flexibility index (Phi) is 6.49. The van der Waals surface area contributed by atoms with E-state index < -0.39 is 0 Å². The Balaban J connectivity index is 1.35. The van der Waals surface area contributed by atoms with E-state index in [1.165, 1.54) is 37.9 Å². The first-order valence-electron chi connectivity index (χ1n) is 8.99. The fraction of sp³-hybridized carbons (Fsp3) is 0.450. The minimum atomic E-state index is 0.770. The van der Waals surface area contributed by atoms with E-state index in [1.54, 1.807) is 6.20 Å². The van der Waals surface area contributed by atoms with Gasteiger partial charge in [-0.3, -0.25) is 0 Å². The fourth-order valence-corrected chi connectivity index (χ4v) is 3.02. The third kappa shape index (κ3) is 5.53. The third-order valence-corrected chi connectivity index (χ3v) is 4.40. The lowest BCUT2D eigenvalue weighted by Crippen LogP contribution is -2.31. The van der Waals surface area contributed by atoms with Crippen LogP contribution in [0.3, 0.4) is 0 Å². The van der Waals surface area contributed by atoms with Crippen molar-refractivity contribution in [1.82, 2.24) is 9.88 Å². The number of pyridine rings is 1. The highest BCUT2D eigenvalue weighted by Crippen LogP contribution is 2.14. The maximum atomic E-state index is 5.86. The van der Waals surface area contributed by atoms with Crippen molar-refractivity contribution in [3.05, 3.63) is 54.2 Å². The van der Waals surface area contributed by atoms with Crippen molar-refractivity contribution < 1.29 is 4.74 Å². The molecule has 4 nitrogen and oxygen atoms in total. The van der Waals surface area contributed by atoms with Crippen molar-refractivity contribution in [3.63, 3.8) is 0 Å². The number of hydrogen-bond donors (Lipinski definition) is 1. The molecule has 0 aliphatic carbocycles. The van der Waals surface area contributed by atoms with Crippen molar-refractivity contribution in [2.45, 2.75) is 32.2 Å². The van der Waals surface area contributed by atoms with E-state index in [2.05, 4.69) is 39.5 Å². The summed E-state index contributed by atoms with van der Waals surface area (Å²) in [6.45, 7) is 5.25. The molecule has 0 atom stereocenters. The van der Waals surface area contributed by atoms with Gasteiger partial charge in [-0.2, -0.15) is 0 Å². The van der Waals surface area contributed by atoms with Gasteiger partial charge in [0, 0.05) is 19.3 Å². The summed E-state index contributed by atoms with van der Waals surface area (Å²) in [7, 11) is 0. The molecule has 1 aromatic heterocycles. The summed E-state index contributed by atoms with van der Waals surface area (Å²) >= 11 is 0. The van der Waals surface area contributed by atoms with Gasteiger partial charge in [0.15, 0.2) is 0 Å². The first-order valence-corrected chi connectivity index (χ1v) is 8.99. The molecule has 2 heterocycles. The summed E-state index contributed by atoms with van der Waals surface area (Å²) in [5, 5.41) is 3.31. The van der Waals surface area contributed by atoms with Gasteiger partial charge in [0.25, 0.3) is 0 Å². The molecule has 0 unspecified atom stereocenters. The van der Waals surface area contributed by atoms with Gasteiger partial charge < -0.3 is 15.0 Å². The van der Waals surface area contributed by atoms with Crippen molar-refractivity contribution in [3.8, 4) is 5.75 Å². The second-order valence-corrected chi connectivity index (χ2v) is 6.32. The number of nitrogens with zero attached hydrogens (tertiary/aromatic N) is 2. The third-order valence-electron chi connectivity index (χ3n) is 4.40. The molecule has 1 aliphatic rings. The normalized spacial score (nSPS) is 15.2. The Morgan fingerprint density at radius 3 is 2.58 bits per heavy atom. The molecule has 4 heteroatoms. The second kappa shape index (κ2) is 9.28. The largest absolute Gasteiger partial charge is 0.494 e. The van der Waals surface area contributed by atoms with Crippen molar-refractivity contribution in [2.75, 3.05) is 31.6 Å². The monoisotopic (exact) mass is 325 g/mol. The van der Waals surface area contributed by atoms with Gasteiger partial charge in [-0.25, -0.2) is 4.98 Å². The zero-order valence-corrected chi connectivity index (χ0v) is 14.3. The van der Waals surface area contributed by atoms with Crippen molar-refractivity contribution >= 4 is 5.82 Å². The van der Waals surface area contributed by atoms with Crippen molar-refractivity contribution in [2.24, 2.45) is 0 Å². The summed E-state index contributed by atoms with van der Waals surface area (Å²) in [5.41, 5.74) is 1.22. The van der Waals surface area contributed by atoms with Gasteiger partial charge in [-0.15, -0.1) is 0 Å². The summed E-state index contributed by atoms with van der Waals surface area (Å²) in [6, 6.07) is 14.2. The molecule has 2 aromatic rings. The van der Waals surface area contributed by atoms with Gasteiger partial charge in [-0.1, -0.05) is 24.6 Å². The Morgan fingerprint density at radius 2 is 1.83 bits per heavy atom. The SMILES string of the molecule is c1ccc(NCc2ccc(OCCCN3CCCCC3)cc2)nc1. The average molecular weight is 325 g/mol. The van der Waals surface area contributed by atoms with Crippen LogP contribution in [-0.2, 0) is 6.54 Å². The highest BCUT2D eigenvalue weighted by Gasteiger charge is 2.08. The van der Waals surface area contributed by atoms with Crippen LogP contribution in [0.15, 0.2) is 48.7 Å². The molecule has 1 aromatic carbocycles. The molecule has 0 radical (unpaired) electrons. The molecule has 24 heavy (non-hydrogen) atoms. The Hall–Kier alpha value is -2.07. The van der Waals surface area contributed by atoms with Crippen LogP contribution < -0.4 is 10.1 Å². The van der Waals surface area contributed by atoms with E-state index in [9.17, 15) is 0 Å². The summed E-state index contributed by atoms with van der Waals surface area (Å²) < 4.78 is 5.86. The second-order valence-electron chi connectivity index (χ2n) is 6.32. The summed E-state index contributed by atoms with van der Waals surface area (Å²) in [4.78, 5) is 6.81. The van der Waals surface area contributed by atoms with Crippen LogP contribution in [0.4, 0.5) is 5.82 Å². The fourth-order valence-electron chi connectivity index (χ4n) is 3.02. The Bertz CT molecular complexity index is 580. The molecule has 1 saturated heterocycles. The minimum absolute atomic E-state index is 0.770. The van der Waals surface area contributed by atoms with Crippen LogP contribution in [-0.4, -0.2) is 36.1 Å². The molecule has 0 amide bonds. The predicted octanol–water partition coefficient (Wildman–Crippen LogP) is 3.95. The van der Waals surface area contributed by atoms with Crippen LogP contribution in [0.2, 0.25) is 0 Å². The first-order chi connectivity index (χ1) is 11.9. The van der Waals surface area contributed by atoms with Gasteiger partial charge >= 0.3 is 0 Å². The topological polar surface area (TPSA) is 37.4 Å². The maximum absolute atomic E-state index is 5.86. The number of benzene rings is 1. The van der Waals surface area contributed by atoms with Crippen LogP contribution >= 0.6 is 0 Å². The van der Waals surface area contributed by atoms with E-state index in [0.717, 1.165) is 37.7 Å². The number of ether oxygens (including phenoxy) is 1. The summed E-state index contributed by atoms with van der Waals surface area (Å²) in [6.07, 6.45) is 7.00. The molecular weight excluding hydrogens is 298 g/mol. The molecule has 0 saturated carbocycles. The average Bonchev–Trinajstić information content (AvgIpc) is 2.66. The highest BCUT2D eigenvalue weighted by molar-refractivity contribution is 5.36. The van der Waals surface area contributed by atoms with E-state index >= 15 is 0 Å². The van der Waals surface area contributed by atoms with Crippen LogP contribution in [0.5, 0.6) is 5.75 Å². The van der Waals surface area contributed by atoms with Crippen LogP contribution in [0, 0.1) is 0 Å². The Labute approximate surface area is 144 Å². The molecule has 128 valence electrons. The van der Waals surface area contributed by atoms with Gasteiger partial charge in [0.2, 0.25) is 0 Å². The van der Waals surface area contributed by atoms with E-state index in [1.807, 2.05) is 18.2 Å². The zero-order chi connectivity index (χ0) is 16.5. The molecule has 1 fully saturated rings. The van der Waals surface area contributed by atoms with E-state index in [4.69, 9.17) is 4.74 Å². The smallest absolute Gasteiger partial charge is 0.126 e. The van der Waals surface area contributed by atoms with Crippen LogP contribution in [0.1, 0.15) is 31.2 Å².